The van der Waals surface area contributed by atoms with E-state index >= 15 is 0 Å². The highest BCUT2D eigenvalue weighted by molar-refractivity contribution is 6.18. The van der Waals surface area contributed by atoms with Crippen molar-refractivity contribution in [3.63, 3.8) is 0 Å². The van der Waals surface area contributed by atoms with Crippen LogP contribution in [-0.4, -0.2) is 159 Å². The van der Waals surface area contributed by atoms with Crippen LogP contribution in [0.2, 0.25) is 0 Å². The zero-order valence-corrected chi connectivity index (χ0v) is 31.7. The maximum atomic E-state index is 14.7. The van der Waals surface area contributed by atoms with Crippen LogP contribution >= 0.6 is 0 Å². The molecule has 0 aromatic heterocycles. The summed E-state index contributed by atoms with van der Waals surface area (Å²) in [6, 6.07) is 11.9. The van der Waals surface area contributed by atoms with Crippen LogP contribution in [-0.2, 0) is 9.47 Å². The number of aliphatic hydroxyl groups is 8. The Hall–Kier alpha value is -6.04. The predicted molar refractivity (Wildman–Crippen MR) is 202 cm³/mol. The van der Waals surface area contributed by atoms with E-state index < -0.39 is 144 Å². The monoisotopic (exact) mass is 862 g/mol. The number of benzene rings is 4. The standard InChI is InChI=1S/C42H38O20/c43-11-23-31(47)35(51)37(53)41(61-23)59-21-5-1-3-15-25(17-7-13(39(55)56)9-19(45)27(17)33(49)29(15)21)26-16-4-2-6-22(60-42-38(54)36(52)32(48)24(12-44)62-42)30(16)34(50)28-18(26)8-14(40(57)58)10-20(28)46/h1-10,23-26,31-32,35-38,41-48,51-54H,11-12H2,(H,55,56)(H,57,58)/t23-,24+,25-,26-,31-,32+,35+,36-,37-,38+,41-,42+/m0/s1. The van der Waals surface area contributed by atoms with E-state index in [1.807, 2.05) is 0 Å². The number of ketones is 2. The van der Waals surface area contributed by atoms with Crippen molar-refractivity contribution in [3.8, 4) is 23.0 Å². The molecule has 4 aliphatic rings. The number of carboxylic acids is 2. The van der Waals surface area contributed by atoms with Crippen molar-refractivity contribution in [1.82, 2.24) is 0 Å². The number of aromatic carboxylic acids is 2. The Balaban J connectivity index is 1.38. The van der Waals surface area contributed by atoms with E-state index in [9.17, 15) is 80.5 Å². The minimum Gasteiger partial charge on any atom is -0.507 e. The van der Waals surface area contributed by atoms with Crippen LogP contribution in [0.1, 0.15) is 86.6 Å². The third kappa shape index (κ3) is 6.73. The lowest BCUT2D eigenvalue weighted by Crippen LogP contribution is -2.60. The largest absolute Gasteiger partial charge is 0.507 e. The van der Waals surface area contributed by atoms with Gasteiger partial charge in [0.2, 0.25) is 24.1 Å². The SMILES string of the molecule is O=C(O)c1cc(O)c2c(c1)[C@@H]([C@@H]1c3cc(C(=O)O)cc(O)c3C(=O)c3c(O[C@@H]4O[C@H](CO)[C@@H](O)[C@H](O)[C@H]4O)cccc31)c1cccc(O[C@H]3O[C@@H](CO)[C@H](O)[C@@H](O)[C@@H]3O)c1C2=O. The van der Waals surface area contributed by atoms with Crippen LogP contribution in [0, 0.1) is 0 Å². The molecule has 2 aliphatic heterocycles. The molecule has 2 aliphatic carbocycles. The number of aromatic hydroxyl groups is 2. The fourth-order valence-corrected chi connectivity index (χ4v) is 8.71. The second-order valence-electron chi connectivity index (χ2n) is 15.2. The lowest BCUT2D eigenvalue weighted by atomic mass is 9.63. The molecule has 4 aromatic carbocycles. The smallest absolute Gasteiger partial charge is 0.335 e. The fourth-order valence-electron chi connectivity index (χ4n) is 8.71. The van der Waals surface area contributed by atoms with Crippen LogP contribution in [0.15, 0.2) is 60.7 Å². The zero-order chi connectivity index (χ0) is 44.6. The van der Waals surface area contributed by atoms with Gasteiger partial charge in [-0.25, -0.2) is 9.59 Å². The van der Waals surface area contributed by atoms with E-state index in [0.717, 1.165) is 24.3 Å². The van der Waals surface area contributed by atoms with E-state index in [4.69, 9.17) is 18.9 Å². The summed E-state index contributed by atoms with van der Waals surface area (Å²) in [4.78, 5) is 54.2. The molecule has 0 amide bonds. The first kappa shape index (κ1) is 42.6. The number of phenolic OH excluding ortho intramolecular Hbond substituents is 2. The number of carboxylic acid groups (broad SMARTS) is 2. The maximum Gasteiger partial charge on any atom is 0.335 e. The summed E-state index contributed by atoms with van der Waals surface area (Å²) in [7, 11) is 0. The molecule has 0 spiro atoms. The van der Waals surface area contributed by atoms with Crippen molar-refractivity contribution in [2.45, 2.75) is 73.2 Å². The summed E-state index contributed by atoms with van der Waals surface area (Å²) < 4.78 is 23.0. The van der Waals surface area contributed by atoms with Gasteiger partial charge in [-0.15, -0.1) is 0 Å². The third-order valence-electron chi connectivity index (χ3n) is 11.7. The van der Waals surface area contributed by atoms with E-state index in [-0.39, 0.29) is 44.9 Å². The normalized spacial score (nSPS) is 30.1. The molecule has 62 heavy (non-hydrogen) atoms. The molecule has 0 bridgehead atoms. The predicted octanol–water partition coefficient (Wildman–Crippen LogP) is -1.10. The Kier molecular flexibility index (Phi) is 11.0. The van der Waals surface area contributed by atoms with Crippen molar-refractivity contribution in [2.24, 2.45) is 0 Å². The summed E-state index contributed by atoms with van der Waals surface area (Å²) in [5, 5.41) is 126. The molecule has 2 fully saturated rings. The van der Waals surface area contributed by atoms with Gasteiger partial charge in [-0.1, -0.05) is 24.3 Å². The van der Waals surface area contributed by atoms with Crippen LogP contribution in [0.4, 0.5) is 0 Å². The van der Waals surface area contributed by atoms with Crippen molar-refractivity contribution in [2.75, 3.05) is 13.2 Å². The molecule has 20 nitrogen and oxygen atoms in total. The van der Waals surface area contributed by atoms with Gasteiger partial charge in [0.05, 0.1) is 46.6 Å². The molecule has 12 atom stereocenters. The first-order valence-corrected chi connectivity index (χ1v) is 19.0. The molecule has 12 N–H and O–H groups in total. The highest BCUT2D eigenvalue weighted by atomic mass is 16.7. The van der Waals surface area contributed by atoms with Crippen LogP contribution in [0.5, 0.6) is 23.0 Å². The van der Waals surface area contributed by atoms with Crippen LogP contribution in [0.3, 0.4) is 0 Å². The summed E-state index contributed by atoms with van der Waals surface area (Å²) in [6.45, 7) is -1.64. The highest BCUT2D eigenvalue weighted by Crippen LogP contribution is 2.56. The average Bonchev–Trinajstić information content (AvgIpc) is 3.24. The molecule has 0 unspecified atom stereocenters. The number of carbonyl (C=O) groups is 4. The molecule has 4 aromatic rings. The minimum absolute atomic E-state index is 0.00301. The van der Waals surface area contributed by atoms with E-state index in [1.165, 1.54) is 36.4 Å². The lowest BCUT2D eigenvalue weighted by Gasteiger charge is -2.41. The summed E-state index contributed by atoms with van der Waals surface area (Å²) in [6.07, 6.45) is -17.7. The average molecular weight is 863 g/mol. The minimum atomic E-state index is -1.94. The van der Waals surface area contributed by atoms with Crippen molar-refractivity contribution in [1.29, 1.82) is 0 Å². The van der Waals surface area contributed by atoms with Crippen LogP contribution in [0.25, 0.3) is 0 Å². The van der Waals surface area contributed by atoms with Gasteiger partial charge in [0.1, 0.15) is 71.8 Å². The van der Waals surface area contributed by atoms with Crippen molar-refractivity contribution >= 4 is 23.5 Å². The molecule has 8 rings (SSSR count). The lowest BCUT2D eigenvalue weighted by molar-refractivity contribution is -0.277. The van der Waals surface area contributed by atoms with Crippen LogP contribution < -0.4 is 9.47 Å². The van der Waals surface area contributed by atoms with Gasteiger partial charge in [0, 0.05) is 11.8 Å². The summed E-state index contributed by atoms with van der Waals surface area (Å²) in [5.74, 6) is -10.1. The number of hydrogen-bond donors (Lipinski definition) is 12. The molecule has 2 saturated heterocycles. The molecule has 20 heteroatoms. The Labute approximate surface area is 348 Å². The van der Waals surface area contributed by atoms with Gasteiger partial charge in [-0.05, 0) is 58.7 Å². The van der Waals surface area contributed by atoms with E-state index in [0.29, 0.717) is 0 Å². The molecule has 0 radical (unpaired) electrons. The molecule has 326 valence electrons. The first-order valence-electron chi connectivity index (χ1n) is 19.0. The third-order valence-corrected chi connectivity index (χ3v) is 11.7. The van der Waals surface area contributed by atoms with Crippen molar-refractivity contribution in [3.05, 3.63) is 116 Å². The molecule has 0 saturated carbocycles. The molecule has 2 heterocycles. The number of hydrogen-bond acceptors (Lipinski definition) is 18. The Bertz CT molecular complexity index is 2330. The second kappa shape index (κ2) is 16.0. The Morgan fingerprint density at radius 2 is 0.887 bits per heavy atom. The number of aliphatic hydroxyl groups excluding tert-OH is 8. The van der Waals surface area contributed by atoms with Gasteiger partial charge in [-0.3, -0.25) is 9.59 Å². The molecular formula is C42H38O20. The van der Waals surface area contributed by atoms with Gasteiger partial charge < -0.3 is 80.2 Å². The highest BCUT2D eigenvalue weighted by Gasteiger charge is 2.50. The number of phenols is 2. The molecular weight excluding hydrogens is 824 g/mol. The van der Waals surface area contributed by atoms with Gasteiger partial charge in [-0.2, -0.15) is 0 Å². The topological polar surface area (TPSA) is 348 Å². The Morgan fingerprint density at radius 1 is 0.516 bits per heavy atom. The van der Waals surface area contributed by atoms with E-state index in [1.54, 1.807) is 0 Å². The van der Waals surface area contributed by atoms with E-state index in [2.05, 4.69) is 0 Å². The Morgan fingerprint density at radius 3 is 1.23 bits per heavy atom. The fraction of sp³-hybridized carbons (Fsp3) is 0.333. The summed E-state index contributed by atoms with van der Waals surface area (Å²) in [5.41, 5.74) is -2.87. The number of ether oxygens (including phenoxy) is 4. The quantitative estimate of drug-likeness (QED) is 0.0950. The van der Waals surface area contributed by atoms with Gasteiger partial charge >= 0.3 is 11.9 Å². The van der Waals surface area contributed by atoms with Crippen molar-refractivity contribution < 1.29 is 99.4 Å². The second-order valence-corrected chi connectivity index (χ2v) is 15.2. The zero-order valence-electron chi connectivity index (χ0n) is 31.7. The number of rotatable bonds is 9. The maximum absolute atomic E-state index is 14.7. The van der Waals surface area contributed by atoms with Gasteiger partial charge in [0.15, 0.2) is 0 Å². The first-order chi connectivity index (χ1) is 29.5. The van der Waals surface area contributed by atoms with Gasteiger partial charge in [0.25, 0.3) is 0 Å². The number of carbonyl (C=O) groups excluding carboxylic acids is 2. The summed E-state index contributed by atoms with van der Waals surface area (Å²) >= 11 is 0. The number of fused-ring (bicyclic) bond motifs is 4.